The lowest BCUT2D eigenvalue weighted by atomic mass is 9.93. The number of thiazole rings is 1. The summed E-state index contributed by atoms with van der Waals surface area (Å²) >= 11 is 1.62. The molecule has 0 spiro atoms. The Morgan fingerprint density at radius 2 is 2.22 bits per heavy atom. The van der Waals surface area contributed by atoms with E-state index in [-0.39, 0.29) is 17.4 Å². The molecule has 3 amide bonds. The molecule has 1 atom stereocenters. The Bertz CT molecular complexity index is 551. The topological polar surface area (TPSA) is 83.1 Å². The molecule has 3 N–H and O–H groups in total. The average Bonchev–Trinajstić information content (AvgIpc) is 2.86. The monoisotopic (exact) mass is 338 g/mol. The summed E-state index contributed by atoms with van der Waals surface area (Å²) in [5, 5.41) is 11.4. The van der Waals surface area contributed by atoms with E-state index in [9.17, 15) is 9.59 Å². The van der Waals surface area contributed by atoms with Crippen LogP contribution >= 0.6 is 11.3 Å². The van der Waals surface area contributed by atoms with Crippen LogP contribution in [-0.2, 0) is 16.6 Å². The average molecular weight is 338 g/mol. The van der Waals surface area contributed by atoms with Gasteiger partial charge in [0.15, 0.2) is 0 Å². The molecule has 0 unspecified atom stereocenters. The lowest BCUT2D eigenvalue weighted by Crippen LogP contribution is -2.49. The zero-order chi connectivity index (χ0) is 16.9. The first-order chi connectivity index (χ1) is 10.9. The van der Waals surface area contributed by atoms with Crippen LogP contribution in [-0.4, -0.2) is 36.1 Å². The highest BCUT2D eigenvalue weighted by atomic mass is 32.1. The molecule has 2 rings (SSSR count). The second-order valence-corrected chi connectivity index (χ2v) is 7.81. The Morgan fingerprint density at radius 1 is 1.43 bits per heavy atom. The molecule has 1 aromatic rings. The minimum atomic E-state index is -0.426. The highest BCUT2D eigenvalue weighted by Gasteiger charge is 2.22. The quantitative estimate of drug-likeness (QED) is 0.785. The number of hydrogen-bond acceptors (Lipinski definition) is 4. The number of urea groups is 1. The lowest BCUT2D eigenvalue weighted by Gasteiger charge is -2.15. The molecular formula is C16H26N4O2S. The van der Waals surface area contributed by atoms with E-state index in [1.807, 2.05) is 0 Å². The number of aromatic nitrogens is 1. The molecule has 0 saturated carbocycles. The molecule has 1 fully saturated rings. The van der Waals surface area contributed by atoms with Gasteiger partial charge >= 0.3 is 6.03 Å². The largest absolute Gasteiger partial charge is 0.354 e. The van der Waals surface area contributed by atoms with Gasteiger partial charge in [0.25, 0.3) is 0 Å². The van der Waals surface area contributed by atoms with Crippen molar-refractivity contribution in [2.24, 2.45) is 0 Å². The van der Waals surface area contributed by atoms with Crippen molar-refractivity contribution < 1.29 is 9.59 Å². The molecule has 0 bridgehead atoms. The summed E-state index contributed by atoms with van der Waals surface area (Å²) in [7, 11) is 0. The molecule has 1 aliphatic rings. The van der Waals surface area contributed by atoms with Crippen molar-refractivity contribution in [2.75, 3.05) is 13.1 Å². The molecule has 0 aromatic carbocycles. The van der Waals surface area contributed by atoms with E-state index in [0.29, 0.717) is 25.9 Å². The van der Waals surface area contributed by atoms with Gasteiger partial charge < -0.3 is 16.0 Å². The van der Waals surface area contributed by atoms with Gasteiger partial charge in [0.05, 0.1) is 10.7 Å². The smallest absolute Gasteiger partial charge is 0.315 e. The van der Waals surface area contributed by atoms with E-state index in [4.69, 9.17) is 0 Å². The van der Waals surface area contributed by atoms with Crippen LogP contribution in [0.1, 0.15) is 50.7 Å². The van der Waals surface area contributed by atoms with Crippen molar-refractivity contribution in [3.05, 3.63) is 16.1 Å². The van der Waals surface area contributed by atoms with Gasteiger partial charge in [-0.3, -0.25) is 4.79 Å². The zero-order valence-electron chi connectivity index (χ0n) is 14.1. The Kier molecular flexibility index (Phi) is 5.98. The van der Waals surface area contributed by atoms with Crippen LogP contribution in [0.25, 0.3) is 0 Å². The Balaban J connectivity index is 1.74. The standard InChI is InChI=1S/C16H26N4O2S/c1-16(2,3)12-10-23-13(20-12)7-9-18-15(22)19-11-6-4-5-8-17-14(11)21/h10-11H,4-9H2,1-3H3,(H,17,21)(H2,18,19,22)/t11-/m0/s1. The summed E-state index contributed by atoms with van der Waals surface area (Å²) in [5.74, 6) is -0.0904. The fraction of sp³-hybridized carbons (Fsp3) is 0.688. The van der Waals surface area contributed by atoms with Crippen molar-refractivity contribution in [3.63, 3.8) is 0 Å². The number of nitrogens with zero attached hydrogens (tertiary/aromatic N) is 1. The first-order valence-corrected chi connectivity index (χ1v) is 9.01. The molecule has 128 valence electrons. The number of carbonyl (C=O) groups is 2. The van der Waals surface area contributed by atoms with Gasteiger partial charge in [-0.15, -0.1) is 11.3 Å². The maximum atomic E-state index is 11.9. The van der Waals surface area contributed by atoms with E-state index in [1.165, 1.54) is 0 Å². The van der Waals surface area contributed by atoms with Gasteiger partial charge in [-0.25, -0.2) is 9.78 Å². The van der Waals surface area contributed by atoms with Crippen LogP contribution < -0.4 is 16.0 Å². The van der Waals surface area contributed by atoms with Crippen LogP contribution in [0, 0.1) is 0 Å². The summed E-state index contributed by atoms with van der Waals surface area (Å²) in [6.07, 6.45) is 3.30. The third kappa shape index (κ3) is 5.49. The Labute approximate surface area is 141 Å². The fourth-order valence-corrected chi connectivity index (χ4v) is 3.36. The summed E-state index contributed by atoms with van der Waals surface area (Å²) in [5.41, 5.74) is 1.13. The Hall–Kier alpha value is -1.63. The van der Waals surface area contributed by atoms with Crippen LogP contribution in [0.5, 0.6) is 0 Å². The Morgan fingerprint density at radius 3 is 2.91 bits per heavy atom. The van der Waals surface area contributed by atoms with E-state index in [2.05, 4.69) is 47.1 Å². The molecule has 2 heterocycles. The summed E-state index contributed by atoms with van der Waals surface area (Å²) in [4.78, 5) is 28.3. The summed E-state index contributed by atoms with van der Waals surface area (Å²) < 4.78 is 0. The molecule has 6 nitrogen and oxygen atoms in total. The van der Waals surface area contributed by atoms with Gasteiger partial charge in [0.2, 0.25) is 5.91 Å². The predicted molar refractivity (Wildman–Crippen MR) is 91.7 cm³/mol. The van der Waals surface area contributed by atoms with E-state index < -0.39 is 6.04 Å². The second kappa shape index (κ2) is 7.77. The molecule has 0 aliphatic carbocycles. The van der Waals surface area contributed by atoms with Crippen LogP contribution in [0.2, 0.25) is 0 Å². The van der Waals surface area contributed by atoms with Crippen molar-refractivity contribution in [3.8, 4) is 0 Å². The number of amides is 3. The number of nitrogens with one attached hydrogen (secondary N) is 3. The van der Waals surface area contributed by atoms with Crippen molar-refractivity contribution >= 4 is 23.3 Å². The van der Waals surface area contributed by atoms with E-state index >= 15 is 0 Å². The zero-order valence-corrected chi connectivity index (χ0v) is 14.9. The summed E-state index contributed by atoms with van der Waals surface area (Å²) in [6, 6.07) is -0.718. The molecule has 7 heteroatoms. The van der Waals surface area contributed by atoms with Crippen LogP contribution in [0.4, 0.5) is 4.79 Å². The van der Waals surface area contributed by atoms with Gasteiger partial charge in [0, 0.05) is 30.3 Å². The molecular weight excluding hydrogens is 312 g/mol. The molecule has 0 radical (unpaired) electrons. The van der Waals surface area contributed by atoms with E-state index in [0.717, 1.165) is 23.5 Å². The highest BCUT2D eigenvalue weighted by molar-refractivity contribution is 7.09. The molecule has 1 saturated heterocycles. The van der Waals surface area contributed by atoms with Crippen LogP contribution in [0.15, 0.2) is 5.38 Å². The van der Waals surface area contributed by atoms with Gasteiger partial charge in [-0.2, -0.15) is 0 Å². The van der Waals surface area contributed by atoms with Crippen molar-refractivity contribution in [1.82, 2.24) is 20.9 Å². The minimum Gasteiger partial charge on any atom is -0.354 e. The number of hydrogen-bond donors (Lipinski definition) is 3. The first-order valence-electron chi connectivity index (χ1n) is 8.13. The number of carbonyl (C=O) groups excluding carboxylic acids is 2. The second-order valence-electron chi connectivity index (χ2n) is 6.87. The third-order valence-electron chi connectivity index (χ3n) is 3.79. The van der Waals surface area contributed by atoms with Gasteiger partial charge in [0.1, 0.15) is 6.04 Å². The fourth-order valence-electron chi connectivity index (χ4n) is 2.34. The van der Waals surface area contributed by atoms with E-state index in [1.54, 1.807) is 11.3 Å². The van der Waals surface area contributed by atoms with Gasteiger partial charge in [-0.1, -0.05) is 20.8 Å². The maximum Gasteiger partial charge on any atom is 0.315 e. The van der Waals surface area contributed by atoms with Crippen molar-refractivity contribution in [2.45, 2.75) is 57.9 Å². The predicted octanol–water partition coefficient (Wildman–Crippen LogP) is 1.95. The normalized spacial score (nSPS) is 18.9. The summed E-state index contributed by atoms with van der Waals surface area (Å²) in [6.45, 7) is 7.61. The first kappa shape index (κ1) is 17.7. The highest BCUT2D eigenvalue weighted by Crippen LogP contribution is 2.23. The van der Waals surface area contributed by atoms with Crippen LogP contribution in [0.3, 0.4) is 0 Å². The molecule has 23 heavy (non-hydrogen) atoms. The van der Waals surface area contributed by atoms with Crippen molar-refractivity contribution in [1.29, 1.82) is 0 Å². The molecule has 1 aliphatic heterocycles. The third-order valence-corrected chi connectivity index (χ3v) is 4.69. The number of rotatable bonds is 4. The maximum absolute atomic E-state index is 11.9. The lowest BCUT2D eigenvalue weighted by molar-refractivity contribution is -0.122. The minimum absolute atomic E-state index is 0.0480. The molecule has 1 aromatic heterocycles. The van der Waals surface area contributed by atoms with Gasteiger partial charge in [-0.05, 0) is 19.3 Å². The SMILES string of the molecule is CC(C)(C)c1csc(CCNC(=O)N[C@H]2CCCCNC2=O)n1.